The molecular formula is C12H15N5O4. The van der Waals surface area contributed by atoms with E-state index in [1.54, 1.807) is 13.1 Å². The second kappa shape index (κ2) is 5.35. The summed E-state index contributed by atoms with van der Waals surface area (Å²) in [5.41, 5.74) is 0.201. The number of ether oxygens (including phenoxy) is 1. The van der Waals surface area contributed by atoms with E-state index in [4.69, 9.17) is 9.84 Å². The Labute approximate surface area is 119 Å². The molecule has 2 aromatic rings. The Morgan fingerprint density at radius 2 is 2.33 bits per heavy atom. The molecule has 0 amide bonds. The van der Waals surface area contributed by atoms with Gasteiger partial charge in [-0.2, -0.15) is 10.1 Å². The topological polar surface area (TPSA) is 115 Å². The predicted molar refractivity (Wildman–Crippen MR) is 69.8 cm³/mol. The van der Waals surface area contributed by atoms with Crippen molar-refractivity contribution in [3.63, 3.8) is 0 Å². The van der Waals surface area contributed by atoms with Gasteiger partial charge in [0.25, 0.3) is 0 Å². The Balaban J connectivity index is 1.95. The van der Waals surface area contributed by atoms with Gasteiger partial charge in [0, 0.05) is 18.2 Å². The number of hydrogen-bond acceptors (Lipinski definition) is 7. The van der Waals surface area contributed by atoms with Crippen molar-refractivity contribution >= 4 is 0 Å². The number of aliphatic hydroxyl groups excluding tert-OH is 2. The fourth-order valence-electron chi connectivity index (χ4n) is 2.36. The highest BCUT2D eigenvalue weighted by molar-refractivity contribution is 5.28. The Morgan fingerprint density at radius 1 is 1.52 bits per heavy atom. The molecule has 0 radical (unpaired) electrons. The maximum atomic E-state index is 12.1. The first kappa shape index (κ1) is 13.9. The van der Waals surface area contributed by atoms with Crippen LogP contribution >= 0.6 is 0 Å². The predicted octanol–water partition coefficient (Wildman–Crippen LogP) is -1.23. The molecule has 3 atom stereocenters. The highest BCUT2D eigenvalue weighted by atomic mass is 16.5. The van der Waals surface area contributed by atoms with Crippen LogP contribution in [0.3, 0.4) is 0 Å². The lowest BCUT2D eigenvalue weighted by Crippen LogP contribution is -2.29. The zero-order valence-electron chi connectivity index (χ0n) is 11.3. The van der Waals surface area contributed by atoms with E-state index in [-0.39, 0.29) is 13.0 Å². The zero-order valence-corrected chi connectivity index (χ0v) is 11.3. The van der Waals surface area contributed by atoms with Crippen LogP contribution in [0.4, 0.5) is 0 Å². The van der Waals surface area contributed by atoms with Gasteiger partial charge in [-0.15, -0.1) is 0 Å². The fraction of sp³-hybridized carbons (Fsp3) is 0.500. The van der Waals surface area contributed by atoms with Gasteiger partial charge in [-0.05, 0) is 6.92 Å². The summed E-state index contributed by atoms with van der Waals surface area (Å²) < 4.78 is 8.18. The number of rotatable bonds is 3. The van der Waals surface area contributed by atoms with Gasteiger partial charge in [0.2, 0.25) is 0 Å². The average Bonchev–Trinajstić information content (AvgIpc) is 3.10. The smallest absolute Gasteiger partial charge is 0.351 e. The van der Waals surface area contributed by atoms with Gasteiger partial charge in [0.05, 0.1) is 12.7 Å². The van der Waals surface area contributed by atoms with E-state index in [9.17, 15) is 9.90 Å². The molecule has 0 saturated carbocycles. The molecule has 3 rings (SSSR count). The van der Waals surface area contributed by atoms with Crippen molar-refractivity contribution < 1.29 is 14.9 Å². The zero-order chi connectivity index (χ0) is 15.0. The maximum Gasteiger partial charge on any atom is 0.351 e. The van der Waals surface area contributed by atoms with Gasteiger partial charge >= 0.3 is 5.69 Å². The Kier molecular flexibility index (Phi) is 3.53. The Morgan fingerprint density at radius 3 is 2.95 bits per heavy atom. The molecule has 0 spiro atoms. The molecule has 2 N–H and O–H groups in total. The first-order chi connectivity index (χ1) is 10.1. The summed E-state index contributed by atoms with van der Waals surface area (Å²) in [4.78, 5) is 19.9. The molecule has 1 fully saturated rings. The Bertz CT molecular complexity index is 683. The van der Waals surface area contributed by atoms with E-state index >= 15 is 0 Å². The minimum atomic E-state index is -0.804. The van der Waals surface area contributed by atoms with Crippen molar-refractivity contribution in [2.45, 2.75) is 31.8 Å². The van der Waals surface area contributed by atoms with E-state index in [2.05, 4.69) is 15.1 Å². The van der Waals surface area contributed by atoms with Crippen molar-refractivity contribution in [3.05, 3.63) is 34.9 Å². The summed E-state index contributed by atoms with van der Waals surface area (Å²) in [6.45, 7) is 1.49. The molecule has 0 aliphatic carbocycles. The summed E-state index contributed by atoms with van der Waals surface area (Å²) in [6.07, 6.45) is 2.52. The number of hydrogen-bond donors (Lipinski definition) is 2. The van der Waals surface area contributed by atoms with E-state index in [0.717, 1.165) is 0 Å². The quantitative estimate of drug-likeness (QED) is 0.728. The molecule has 9 nitrogen and oxygen atoms in total. The van der Waals surface area contributed by atoms with Crippen LogP contribution in [0.5, 0.6) is 0 Å². The molecule has 2 aromatic heterocycles. The van der Waals surface area contributed by atoms with Gasteiger partial charge < -0.3 is 14.9 Å². The monoisotopic (exact) mass is 293 g/mol. The van der Waals surface area contributed by atoms with Gasteiger partial charge in [-0.25, -0.2) is 14.5 Å². The lowest BCUT2D eigenvalue weighted by molar-refractivity contribution is -0.0459. The largest absolute Gasteiger partial charge is 0.394 e. The molecule has 0 bridgehead atoms. The van der Waals surface area contributed by atoms with Crippen molar-refractivity contribution in [2.24, 2.45) is 0 Å². The summed E-state index contributed by atoms with van der Waals surface area (Å²) in [7, 11) is 0. The number of aliphatic hydroxyl groups is 2. The van der Waals surface area contributed by atoms with Crippen LogP contribution in [-0.4, -0.2) is 53.3 Å². The molecule has 9 heteroatoms. The number of nitrogens with zero attached hydrogens (tertiary/aromatic N) is 5. The van der Waals surface area contributed by atoms with Crippen molar-refractivity contribution in [2.75, 3.05) is 6.61 Å². The summed E-state index contributed by atoms with van der Waals surface area (Å²) in [5, 5.41) is 22.8. The van der Waals surface area contributed by atoms with Crippen LogP contribution in [-0.2, 0) is 4.74 Å². The van der Waals surface area contributed by atoms with Gasteiger partial charge in [-0.3, -0.25) is 4.57 Å². The van der Waals surface area contributed by atoms with Gasteiger partial charge in [-0.1, -0.05) is 0 Å². The van der Waals surface area contributed by atoms with Crippen LogP contribution in [0.1, 0.15) is 18.2 Å². The molecule has 3 heterocycles. The lowest BCUT2D eigenvalue weighted by atomic mass is 10.2. The van der Waals surface area contributed by atoms with Crippen LogP contribution in [0.25, 0.3) is 5.82 Å². The van der Waals surface area contributed by atoms with Crippen molar-refractivity contribution in [3.8, 4) is 5.82 Å². The molecule has 0 aromatic carbocycles. The third kappa shape index (κ3) is 2.46. The first-order valence-electron chi connectivity index (χ1n) is 6.49. The summed E-state index contributed by atoms with van der Waals surface area (Å²) >= 11 is 0. The van der Waals surface area contributed by atoms with Crippen LogP contribution in [0, 0.1) is 6.92 Å². The highest BCUT2D eigenvalue weighted by Gasteiger charge is 2.35. The third-order valence-electron chi connectivity index (χ3n) is 3.44. The fourth-order valence-corrected chi connectivity index (χ4v) is 2.36. The highest BCUT2D eigenvalue weighted by Crippen LogP contribution is 2.27. The molecule has 1 aliphatic rings. The minimum absolute atomic E-state index is 0.231. The SMILES string of the molecule is Cc1cn([C@H]2C[C@H](O)[C@@H](CO)O2)c(=O)nc1-n1cncn1. The van der Waals surface area contributed by atoms with E-state index in [0.29, 0.717) is 11.4 Å². The third-order valence-corrected chi connectivity index (χ3v) is 3.44. The van der Waals surface area contributed by atoms with Crippen molar-refractivity contribution in [1.29, 1.82) is 0 Å². The van der Waals surface area contributed by atoms with Gasteiger partial charge in [0.1, 0.15) is 25.0 Å². The molecule has 1 saturated heterocycles. The van der Waals surface area contributed by atoms with E-state index < -0.39 is 24.1 Å². The molecular weight excluding hydrogens is 278 g/mol. The average molecular weight is 293 g/mol. The molecule has 1 aliphatic heterocycles. The second-order valence-corrected chi connectivity index (χ2v) is 4.89. The van der Waals surface area contributed by atoms with E-state index in [1.807, 2.05) is 0 Å². The summed E-state index contributed by atoms with van der Waals surface area (Å²) in [5.74, 6) is 0.394. The number of aryl methyl sites for hydroxylation is 1. The minimum Gasteiger partial charge on any atom is -0.394 e. The maximum absolute atomic E-state index is 12.1. The summed E-state index contributed by atoms with van der Waals surface area (Å²) in [6, 6.07) is 0. The van der Waals surface area contributed by atoms with Crippen LogP contribution in [0.2, 0.25) is 0 Å². The van der Waals surface area contributed by atoms with Crippen LogP contribution < -0.4 is 5.69 Å². The standard InChI is InChI=1S/C12H15N5O4/c1-7-3-16(10-2-8(19)9(4-18)21-10)12(20)15-11(7)17-6-13-5-14-17/h3,5-6,8-10,18-19H,2,4H2,1H3/t8-,9+,10+/m0/s1. The Hall–Kier alpha value is -2.10. The molecule has 0 unspecified atom stereocenters. The molecule has 21 heavy (non-hydrogen) atoms. The lowest BCUT2D eigenvalue weighted by Gasteiger charge is -2.15. The van der Waals surface area contributed by atoms with Crippen molar-refractivity contribution in [1.82, 2.24) is 24.3 Å². The van der Waals surface area contributed by atoms with E-state index in [1.165, 1.54) is 21.9 Å². The normalized spacial score (nSPS) is 25.4. The van der Waals surface area contributed by atoms with Crippen LogP contribution in [0.15, 0.2) is 23.6 Å². The van der Waals surface area contributed by atoms with Gasteiger partial charge in [0.15, 0.2) is 5.82 Å². The molecule has 112 valence electrons. The first-order valence-corrected chi connectivity index (χ1v) is 6.49. The number of aromatic nitrogens is 5. The second-order valence-electron chi connectivity index (χ2n) is 4.89.